The molecule has 0 spiro atoms. The van der Waals surface area contributed by atoms with E-state index >= 15 is 0 Å². The molecule has 2 aliphatic rings. The van der Waals surface area contributed by atoms with Gasteiger partial charge in [-0.25, -0.2) is 0 Å². The summed E-state index contributed by atoms with van der Waals surface area (Å²) in [7, 11) is 0. The largest absolute Gasteiger partial charge is 0.378 e. The van der Waals surface area contributed by atoms with Crippen LogP contribution in [0.25, 0.3) is 0 Å². The van der Waals surface area contributed by atoms with Crippen molar-refractivity contribution in [1.29, 1.82) is 0 Å². The minimum absolute atomic E-state index is 0.113. The Morgan fingerprint density at radius 1 is 1.50 bits per heavy atom. The second-order valence-electron chi connectivity index (χ2n) is 4.40. The van der Waals surface area contributed by atoms with Gasteiger partial charge in [0.1, 0.15) is 0 Å². The smallest absolute Gasteiger partial charge is 0.168 e. The molecule has 1 aliphatic heterocycles. The Hall–Kier alpha value is -0.710. The zero-order valence-electron chi connectivity index (χ0n) is 9.07. The highest BCUT2D eigenvalue weighted by molar-refractivity contribution is 7.10. The highest BCUT2D eigenvalue weighted by Crippen LogP contribution is 2.31. The van der Waals surface area contributed by atoms with Crippen LogP contribution in [-0.2, 0) is 11.2 Å². The van der Waals surface area contributed by atoms with Gasteiger partial charge < -0.3 is 10.1 Å². The van der Waals surface area contributed by atoms with Crippen LogP contribution in [0.3, 0.4) is 0 Å². The number of rotatable bonds is 1. The molecule has 1 aromatic heterocycles. The first-order valence-electron chi connectivity index (χ1n) is 5.78. The molecule has 86 valence electrons. The molecule has 0 radical (unpaired) electrons. The molecular weight excluding hydrogens is 222 g/mol. The fourth-order valence-electron chi connectivity index (χ4n) is 2.60. The number of ether oxygens (including phenoxy) is 1. The van der Waals surface area contributed by atoms with E-state index in [4.69, 9.17) is 4.74 Å². The monoisotopic (exact) mass is 237 g/mol. The van der Waals surface area contributed by atoms with Gasteiger partial charge in [-0.1, -0.05) is 0 Å². The van der Waals surface area contributed by atoms with Crippen molar-refractivity contribution in [3.05, 3.63) is 21.9 Å². The average molecular weight is 237 g/mol. The van der Waals surface area contributed by atoms with Crippen molar-refractivity contribution in [1.82, 2.24) is 5.32 Å². The van der Waals surface area contributed by atoms with Crippen LogP contribution >= 0.6 is 11.3 Å². The number of nitrogens with one attached hydrogen (secondary N) is 1. The molecule has 4 heteroatoms. The van der Waals surface area contributed by atoms with Crippen LogP contribution < -0.4 is 5.32 Å². The van der Waals surface area contributed by atoms with Gasteiger partial charge in [0.2, 0.25) is 0 Å². The van der Waals surface area contributed by atoms with Crippen molar-refractivity contribution in [3.8, 4) is 0 Å². The van der Waals surface area contributed by atoms with E-state index < -0.39 is 0 Å². The van der Waals surface area contributed by atoms with E-state index in [1.807, 2.05) is 11.4 Å². The topological polar surface area (TPSA) is 38.3 Å². The summed E-state index contributed by atoms with van der Waals surface area (Å²) in [5, 5.41) is 5.42. The van der Waals surface area contributed by atoms with Gasteiger partial charge in [-0.05, 0) is 24.3 Å². The van der Waals surface area contributed by atoms with Crippen LogP contribution in [0.5, 0.6) is 0 Å². The lowest BCUT2D eigenvalue weighted by Crippen LogP contribution is -2.49. The van der Waals surface area contributed by atoms with Gasteiger partial charge in [0.15, 0.2) is 5.78 Å². The lowest BCUT2D eigenvalue weighted by Gasteiger charge is -2.32. The van der Waals surface area contributed by atoms with Crippen LogP contribution in [0.4, 0.5) is 0 Å². The number of morpholine rings is 1. The molecule has 0 aromatic carbocycles. The summed E-state index contributed by atoms with van der Waals surface area (Å²) >= 11 is 1.71. The van der Waals surface area contributed by atoms with E-state index in [1.165, 1.54) is 4.88 Å². The molecule has 2 heterocycles. The lowest BCUT2D eigenvalue weighted by atomic mass is 9.82. The number of thiophene rings is 1. The molecule has 1 N–H and O–H groups in total. The van der Waals surface area contributed by atoms with Gasteiger partial charge in [-0.3, -0.25) is 4.79 Å². The number of aryl methyl sites for hydroxylation is 1. The summed E-state index contributed by atoms with van der Waals surface area (Å²) in [6.07, 6.45) is 2.01. The van der Waals surface area contributed by atoms with E-state index in [1.54, 1.807) is 11.3 Å². The Morgan fingerprint density at radius 2 is 2.44 bits per heavy atom. The zero-order chi connectivity index (χ0) is 11.0. The molecule has 3 nitrogen and oxygen atoms in total. The molecule has 1 fully saturated rings. The van der Waals surface area contributed by atoms with E-state index in [2.05, 4.69) is 5.32 Å². The molecule has 0 amide bonds. The molecular formula is C12H15NO2S. The molecule has 1 saturated heterocycles. The van der Waals surface area contributed by atoms with E-state index in [-0.39, 0.29) is 12.0 Å². The normalized spacial score (nSPS) is 30.1. The zero-order valence-corrected chi connectivity index (χ0v) is 9.89. The summed E-state index contributed by atoms with van der Waals surface area (Å²) < 4.78 is 5.44. The summed E-state index contributed by atoms with van der Waals surface area (Å²) in [6.45, 7) is 2.31. The third-order valence-corrected chi connectivity index (χ3v) is 4.45. The van der Waals surface area contributed by atoms with Gasteiger partial charge in [-0.2, -0.15) is 0 Å². The summed E-state index contributed by atoms with van der Waals surface area (Å²) in [5.74, 6) is 0.424. The minimum Gasteiger partial charge on any atom is -0.378 e. The second kappa shape index (κ2) is 4.28. The molecule has 1 aliphatic carbocycles. The SMILES string of the molecule is O=C1c2ccsc2CCC1C1COCCN1. The van der Waals surface area contributed by atoms with Crippen molar-refractivity contribution in [2.75, 3.05) is 19.8 Å². The molecule has 0 bridgehead atoms. The number of carbonyl (C=O) groups excluding carboxylic acids is 1. The fraction of sp³-hybridized carbons (Fsp3) is 0.583. The third-order valence-electron chi connectivity index (χ3n) is 3.47. The van der Waals surface area contributed by atoms with Gasteiger partial charge >= 0.3 is 0 Å². The maximum Gasteiger partial charge on any atom is 0.168 e. The first kappa shape index (κ1) is 10.4. The maximum atomic E-state index is 12.3. The highest BCUT2D eigenvalue weighted by Gasteiger charge is 2.34. The Balaban J connectivity index is 1.81. The summed E-state index contributed by atoms with van der Waals surface area (Å²) in [4.78, 5) is 13.6. The fourth-order valence-corrected chi connectivity index (χ4v) is 3.50. The van der Waals surface area contributed by atoms with Gasteiger partial charge in [0.25, 0.3) is 0 Å². The van der Waals surface area contributed by atoms with E-state index in [0.29, 0.717) is 12.4 Å². The standard InChI is InChI=1S/C12H15NO2S/c14-12-8(10-7-15-5-4-13-10)1-2-11-9(12)3-6-16-11/h3,6,8,10,13H,1-2,4-5,7H2. The molecule has 2 atom stereocenters. The predicted octanol–water partition coefficient (Wildman–Crippen LogP) is 1.48. The molecule has 2 unspecified atom stereocenters. The highest BCUT2D eigenvalue weighted by atomic mass is 32.1. The van der Waals surface area contributed by atoms with E-state index in [9.17, 15) is 4.79 Å². The Kier molecular flexibility index (Phi) is 2.79. The predicted molar refractivity (Wildman–Crippen MR) is 63.1 cm³/mol. The van der Waals surface area contributed by atoms with Crippen molar-refractivity contribution < 1.29 is 9.53 Å². The maximum absolute atomic E-state index is 12.3. The summed E-state index contributed by atoms with van der Waals surface area (Å²) in [6, 6.07) is 2.19. The average Bonchev–Trinajstić information content (AvgIpc) is 2.80. The molecule has 0 saturated carbocycles. The summed E-state index contributed by atoms with van der Waals surface area (Å²) in [5.41, 5.74) is 0.952. The Bertz CT molecular complexity index is 395. The number of Topliss-reactive ketones (excluding diaryl/α,β-unsaturated/α-hetero) is 1. The van der Waals surface area contributed by atoms with E-state index in [0.717, 1.165) is 31.6 Å². The number of carbonyl (C=O) groups is 1. The minimum atomic E-state index is 0.113. The van der Waals surface area contributed by atoms with Crippen LogP contribution in [0.1, 0.15) is 21.7 Å². The van der Waals surface area contributed by atoms with Crippen molar-refractivity contribution in [2.24, 2.45) is 5.92 Å². The third kappa shape index (κ3) is 1.71. The van der Waals surface area contributed by atoms with Crippen molar-refractivity contribution in [2.45, 2.75) is 18.9 Å². The molecule has 1 aromatic rings. The van der Waals surface area contributed by atoms with Crippen molar-refractivity contribution in [3.63, 3.8) is 0 Å². The number of fused-ring (bicyclic) bond motifs is 1. The number of ketones is 1. The van der Waals surface area contributed by atoms with Crippen LogP contribution in [0, 0.1) is 5.92 Å². The Morgan fingerprint density at radius 3 is 3.25 bits per heavy atom. The van der Waals surface area contributed by atoms with Gasteiger partial charge in [0, 0.05) is 28.9 Å². The van der Waals surface area contributed by atoms with Crippen LogP contribution in [-0.4, -0.2) is 31.6 Å². The second-order valence-corrected chi connectivity index (χ2v) is 5.40. The van der Waals surface area contributed by atoms with Crippen LogP contribution in [0.2, 0.25) is 0 Å². The first-order chi connectivity index (χ1) is 7.86. The lowest BCUT2D eigenvalue weighted by molar-refractivity contribution is 0.0480. The molecule has 16 heavy (non-hydrogen) atoms. The van der Waals surface area contributed by atoms with Crippen LogP contribution in [0.15, 0.2) is 11.4 Å². The first-order valence-corrected chi connectivity index (χ1v) is 6.66. The number of hydrogen-bond acceptors (Lipinski definition) is 4. The van der Waals surface area contributed by atoms with Gasteiger partial charge in [-0.15, -0.1) is 11.3 Å². The quantitative estimate of drug-likeness (QED) is 0.804. The molecule has 3 rings (SSSR count). The Labute approximate surface area is 98.8 Å². The number of hydrogen-bond donors (Lipinski definition) is 1. The van der Waals surface area contributed by atoms with Crippen molar-refractivity contribution >= 4 is 17.1 Å². The van der Waals surface area contributed by atoms with Gasteiger partial charge in [0.05, 0.1) is 13.2 Å².